The third-order valence-electron chi connectivity index (χ3n) is 6.28. The lowest BCUT2D eigenvalue weighted by molar-refractivity contribution is -0.118. The minimum atomic E-state index is -0.688. The minimum Gasteiger partial charge on any atom is -0.379 e. The second-order valence-corrected chi connectivity index (χ2v) is 9.87. The molecule has 0 bridgehead atoms. The Kier molecular flexibility index (Phi) is 36.3. The third-order valence-corrected chi connectivity index (χ3v) is 6.28. The fourth-order valence-electron chi connectivity index (χ4n) is 3.95. The molecule has 9 nitrogen and oxygen atoms in total. The normalized spacial score (nSPS) is 12.4. The van der Waals surface area contributed by atoms with Crippen LogP contribution in [0.3, 0.4) is 0 Å². The molecule has 0 aliphatic heterocycles. The van der Waals surface area contributed by atoms with Gasteiger partial charge < -0.3 is 43.0 Å². The fraction of sp³-hybridized carbons (Fsp3) is 1.00. The highest BCUT2D eigenvalue weighted by molar-refractivity contribution is 4.50. The van der Waals surface area contributed by atoms with Crippen molar-refractivity contribution in [3.8, 4) is 0 Å². The van der Waals surface area contributed by atoms with Crippen molar-refractivity contribution in [2.75, 3.05) is 99.1 Å². The van der Waals surface area contributed by atoms with Crippen LogP contribution in [0.5, 0.6) is 0 Å². The molecule has 0 aliphatic carbocycles. The summed E-state index contributed by atoms with van der Waals surface area (Å²) in [5.41, 5.74) is 0. The van der Waals surface area contributed by atoms with Crippen LogP contribution in [0, 0.1) is 0 Å². The molecule has 242 valence electrons. The fourth-order valence-corrected chi connectivity index (χ4v) is 3.95. The first kappa shape index (κ1) is 39.6. The van der Waals surface area contributed by atoms with Crippen molar-refractivity contribution >= 4 is 0 Å². The van der Waals surface area contributed by atoms with E-state index in [1.54, 1.807) is 0 Å². The van der Waals surface area contributed by atoms with Crippen LogP contribution in [0.15, 0.2) is 0 Å². The Morgan fingerprint density at radius 2 is 0.675 bits per heavy atom. The molecule has 1 N–H and O–H groups in total. The summed E-state index contributed by atoms with van der Waals surface area (Å²) in [6.45, 7) is 12.3. The molecule has 0 radical (unpaired) electrons. The highest BCUT2D eigenvalue weighted by atomic mass is 16.6. The third kappa shape index (κ3) is 35.7. The largest absolute Gasteiger partial charge is 0.379 e. The summed E-state index contributed by atoms with van der Waals surface area (Å²) in [5, 5.41) is 9.94. The molecular formula is C31H64O9. The molecule has 40 heavy (non-hydrogen) atoms. The molecule has 0 aromatic heterocycles. The first-order valence-electron chi connectivity index (χ1n) is 16.1. The number of ether oxygens (including phenoxy) is 8. The zero-order chi connectivity index (χ0) is 29.0. The first-order chi connectivity index (χ1) is 19.8. The van der Waals surface area contributed by atoms with Gasteiger partial charge in [0, 0.05) is 6.61 Å². The molecule has 0 aliphatic rings. The van der Waals surface area contributed by atoms with Gasteiger partial charge in [-0.15, -0.1) is 0 Å². The summed E-state index contributed by atoms with van der Waals surface area (Å²) in [5.74, 6) is 0. The average Bonchev–Trinajstić information content (AvgIpc) is 2.96. The molecule has 9 heteroatoms. The van der Waals surface area contributed by atoms with Crippen LogP contribution < -0.4 is 0 Å². The van der Waals surface area contributed by atoms with Crippen molar-refractivity contribution in [2.24, 2.45) is 0 Å². The second kappa shape index (κ2) is 36.7. The van der Waals surface area contributed by atoms with Gasteiger partial charge in [0.15, 0.2) is 6.29 Å². The van der Waals surface area contributed by atoms with E-state index >= 15 is 0 Å². The molecule has 0 fully saturated rings. The lowest BCUT2D eigenvalue weighted by atomic mass is 10.0. The summed E-state index contributed by atoms with van der Waals surface area (Å²) < 4.78 is 43.3. The van der Waals surface area contributed by atoms with Gasteiger partial charge in [0.2, 0.25) is 0 Å². The number of hydrogen-bond donors (Lipinski definition) is 1. The average molecular weight is 581 g/mol. The Bertz CT molecular complexity index is 443. The molecule has 0 aromatic carbocycles. The van der Waals surface area contributed by atoms with E-state index in [9.17, 15) is 5.11 Å². The maximum absolute atomic E-state index is 9.94. The highest BCUT2D eigenvalue weighted by Crippen LogP contribution is 2.13. The van der Waals surface area contributed by atoms with Crippen LogP contribution in [-0.2, 0) is 37.9 Å². The first-order valence-corrected chi connectivity index (χ1v) is 16.1. The summed E-state index contributed by atoms with van der Waals surface area (Å²) in [6, 6.07) is 0. The Hall–Kier alpha value is -0.360. The number of hydrogen-bond acceptors (Lipinski definition) is 9. The topological polar surface area (TPSA) is 94.1 Å². The Balaban J connectivity index is 3.12. The maximum atomic E-state index is 9.94. The van der Waals surface area contributed by atoms with E-state index < -0.39 is 6.29 Å². The van der Waals surface area contributed by atoms with Crippen LogP contribution >= 0.6 is 0 Å². The highest BCUT2D eigenvalue weighted by Gasteiger charge is 2.04. The quantitative estimate of drug-likeness (QED) is 0.0756. The number of unbranched alkanes of at least 4 members (excludes halogenated alkanes) is 11. The Morgan fingerprint density at radius 3 is 1.02 bits per heavy atom. The molecule has 0 saturated heterocycles. The van der Waals surface area contributed by atoms with E-state index in [0.29, 0.717) is 106 Å². The summed E-state index contributed by atoms with van der Waals surface area (Å²) >= 11 is 0. The summed E-state index contributed by atoms with van der Waals surface area (Å²) in [7, 11) is 0. The molecular weight excluding hydrogens is 516 g/mol. The molecule has 0 spiro atoms. The second-order valence-electron chi connectivity index (χ2n) is 9.87. The van der Waals surface area contributed by atoms with Crippen LogP contribution in [0.4, 0.5) is 0 Å². The zero-order valence-electron chi connectivity index (χ0n) is 26.1. The van der Waals surface area contributed by atoms with Crippen LogP contribution in [0.1, 0.15) is 97.3 Å². The van der Waals surface area contributed by atoms with E-state index in [2.05, 4.69) is 6.92 Å². The van der Waals surface area contributed by atoms with Gasteiger partial charge >= 0.3 is 0 Å². The summed E-state index contributed by atoms with van der Waals surface area (Å²) in [4.78, 5) is 0. The lowest BCUT2D eigenvalue weighted by Crippen LogP contribution is -2.17. The Morgan fingerprint density at radius 1 is 0.375 bits per heavy atom. The van der Waals surface area contributed by atoms with Crippen LogP contribution in [-0.4, -0.2) is 110 Å². The van der Waals surface area contributed by atoms with Gasteiger partial charge in [-0.2, -0.15) is 0 Å². The van der Waals surface area contributed by atoms with Crippen molar-refractivity contribution < 1.29 is 43.0 Å². The van der Waals surface area contributed by atoms with Gasteiger partial charge in [-0.05, 0) is 19.8 Å². The molecule has 0 rings (SSSR count). The van der Waals surface area contributed by atoms with Crippen LogP contribution in [0.2, 0.25) is 0 Å². The van der Waals surface area contributed by atoms with E-state index in [1.807, 2.05) is 6.92 Å². The molecule has 0 saturated carbocycles. The molecule has 1 atom stereocenters. The maximum Gasteiger partial charge on any atom is 0.154 e. The predicted molar refractivity (Wildman–Crippen MR) is 159 cm³/mol. The van der Waals surface area contributed by atoms with Gasteiger partial charge in [0.1, 0.15) is 0 Å². The SMILES string of the molecule is CCCCCCCCCCCCCCC(O)OCCOCCOCCOCCOCCOCCOCCOCC. The molecule has 0 heterocycles. The molecule has 0 aromatic rings. The van der Waals surface area contributed by atoms with Crippen LogP contribution in [0.25, 0.3) is 0 Å². The van der Waals surface area contributed by atoms with Gasteiger partial charge in [-0.25, -0.2) is 0 Å². The van der Waals surface area contributed by atoms with Crippen molar-refractivity contribution in [3.63, 3.8) is 0 Å². The van der Waals surface area contributed by atoms with E-state index in [0.717, 1.165) is 6.42 Å². The Labute approximate surface area is 245 Å². The molecule has 1 unspecified atom stereocenters. The van der Waals surface area contributed by atoms with E-state index in [1.165, 1.54) is 70.6 Å². The van der Waals surface area contributed by atoms with Gasteiger partial charge in [-0.1, -0.05) is 77.6 Å². The van der Waals surface area contributed by atoms with Crippen molar-refractivity contribution in [2.45, 2.75) is 104 Å². The standard InChI is InChI=1S/C31H64O9/c1-3-5-6-7-8-9-10-11-12-13-14-15-16-31(32)40-30-29-39-28-27-38-26-25-37-24-23-36-22-21-35-20-19-34-18-17-33-4-2/h31-32H,3-30H2,1-2H3. The lowest BCUT2D eigenvalue weighted by Gasteiger charge is -2.12. The minimum absolute atomic E-state index is 0.399. The molecule has 0 amide bonds. The van der Waals surface area contributed by atoms with Crippen molar-refractivity contribution in [1.82, 2.24) is 0 Å². The monoisotopic (exact) mass is 580 g/mol. The van der Waals surface area contributed by atoms with Gasteiger partial charge in [-0.3, -0.25) is 0 Å². The zero-order valence-corrected chi connectivity index (χ0v) is 26.1. The number of aliphatic hydroxyl groups excluding tert-OH is 1. The van der Waals surface area contributed by atoms with E-state index in [4.69, 9.17) is 37.9 Å². The smallest absolute Gasteiger partial charge is 0.154 e. The van der Waals surface area contributed by atoms with Crippen molar-refractivity contribution in [1.29, 1.82) is 0 Å². The van der Waals surface area contributed by atoms with Crippen molar-refractivity contribution in [3.05, 3.63) is 0 Å². The number of aliphatic hydroxyl groups is 1. The number of rotatable bonds is 36. The van der Waals surface area contributed by atoms with Gasteiger partial charge in [0.25, 0.3) is 0 Å². The van der Waals surface area contributed by atoms with E-state index in [-0.39, 0.29) is 0 Å². The summed E-state index contributed by atoms with van der Waals surface area (Å²) in [6.07, 6.45) is 15.8. The van der Waals surface area contributed by atoms with Gasteiger partial charge in [0.05, 0.1) is 92.5 Å². The predicted octanol–water partition coefficient (Wildman–Crippen LogP) is 5.55.